The van der Waals surface area contributed by atoms with Crippen LogP contribution in [0.5, 0.6) is 5.75 Å². The van der Waals surface area contributed by atoms with E-state index in [9.17, 15) is 22.4 Å². The summed E-state index contributed by atoms with van der Waals surface area (Å²) in [6, 6.07) is 17.5. The molecule has 36 heavy (non-hydrogen) atoms. The number of para-hydroxylation sites is 2. The number of hydrogen-bond donors (Lipinski definition) is 0. The number of rotatable bonds is 7. The molecule has 1 heterocycles. The van der Waals surface area contributed by atoms with Crippen LogP contribution in [0.4, 0.5) is 10.1 Å². The van der Waals surface area contributed by atoms with Crippen molar-refractivity contribution in [1.29, 1.82) is 0 Å². The van der Waals surface area contributed by atoms with Crippen LogP contribution in [0.1, 0.15) is 5.56 Å². The van der Waals surface area contributed by atoms with Crippen molar-refractivity contribution in [3.05, 3.63) is 89.2 Å². The predicted molar refractivity (Wildman–Crippen MR) is 131 cm³/mol. The van der Waals surface area contributed by atoms with Gasteiger partial charge in [0.05, 0.1) is 30.8 Å². The molecule has 0 unspecified atom stereocenters. The van der Waals surface area contributed by atoms with Gasteiger partial charge in [-0.05, 0) is 54.1 Å². The van der Waals surface area contributed by atoms with E-state index in [1.807, 2.05) is 0 Å². The average molecular weight is 533 g/mol. The van der Waals surface area contributed by atoms with E-state index in [0.29, 0.717) is 16.3 Å². The molecule has 0 spiro atoms. The van der Waals surface area contributed by atoms with E-state index in [1.54, 1.807) is 24.3 Å². The Morgan fingerprint density at radius 3 is 2.42 bits per heavy atom. The first-order chi connectivity index (χ1) is 17.2. The third-order valence-corrected chi connectivity index (χ3v) is 7.63. The van der Waals surface area contributed by atoms with Gasteiger partial charge >= 0.3 is 5.97 Å². The van der Waals surface area contributed by atoms with Crippen LogP contribution in [0.2, 0.25) is 5.02 Å². The topological polar surface area (TPSA) is 93.2 Å². The molecule has 188 valence electrons. The summed E-state index contributed by atoms with van der Waals surface area (Å²) in [5, 5.41) is 0.355. The predicted octanol–water partition coefficient (Wildman–Crippen LogP) is 3.64. The number of carbonyl (C=O) groups is 2. The van der Waals surface area contributed by atoms with E-state index in [2.05, 4.69) is 0 Å². The molecule has 0 bridgehead atoms. The van der Waals surface area contributed by atoms with Gasteiger partial charge in [0, 0.05) is 11.6 Å². The third-order valence-electron chi connectivity index (χ3n) is 5.57. The minimum absolute atomic E-state index is 0.0587. The second-order valence-corrected chi connectivity index (χ2v) is 10.3. The molecule has 0 saturated carbocycles. The Morgan fingerprint density at radius 2 is 1.75 bits per heavy atom. The van der Waals surface area contributed by atoms with Crippen LogP contribution in [0.25, 0.3) is 0 Å². The van der Waals surface area contributed by atoms with E-state index in [1.165, 1.54) is 60.5 Å². The highest BCUT2D eigenvalue weighted by Gasteiger charge is 2.36. The Kier molecular flexibility index (Phi) is 7.58. The summed E-state index contributed by atoms with van der Waals surface area (Å²) in [6.45, 7) is -0.901. The summed E-state index contributed by atoms with van der Waals surface area (Å²) in [7, 11) is -2.95. The van der Waals surface area contributed by atoms with Crippen LogP contribution >= 0.6 is 11.6 Å². The van der Waals surface area contributed by atoms with Crippen molar-refractivity contribution in [2.45, 2.75) is 17.5 Å². The normalized spacial score (nSPS) is 15.2. The smallest absolute Gasteiger partial charge is 0.348 e. The Balaban J connectivity index is 1.68. The van der Waals surface area contributed by atoms with Crippen LogP contribution in [0, 0.1) is 5.82 Å². The molecule has 4 rings (SSSR count). The van der Waals surface area contributed by atoms with Gasteiger partial charge < -0.3 is 14.4 Å². The van der Waals surface area contributed by atoms with Crippen LogP contribution in [0.3, 0.4) is 0 Å². The number of ether oxygens (including phenoxy) is 2. The highest BCUT2D eigenvalue weighted by atomic mass is 35.5. The molecule has 0 aromatic heterocycles. The summed E-state index contributed by atoms with van der Waals surface area (Å²) in [4.78, 5) is 27.0. The number of methoxy groups -OCH3 is 1. The van der Waals surface area contributed by atoms with Crippen molar-refractivity contribution in [3.8, 4) is 5.75 Å². The standard InChI is InChI=1S/C25H22ClFN2O6S/c1-34-25(31)23-15-29(21-4-2-3-5-22(21)35-23)24(30)16-28(14-17-6-10-19(27)11-7-17)36(32,33)20-12-8-18(26)9-13-20/h2-13,23H,14-16H2,1H3/t23-/m1/s1. The summed E-state index contributed by atoms with van der Waals surface area (Å²) in [5.41, 5.74) is 0.879. The molecule has 0 radical (unpaired) electrons. The molecular formula is C25H22ClFN2O6S. The second-order valence-electron chi connectivity index (χ2n) is 7.96. The lowest BCUT2D eigenvalue weighted by Crippen LogP contribution is -2.50. The zero-order valence-electron chi connectivity index (χ0n) is 19.1. The van der Waals surface area contributed by atoms with Crippen LogP contribution in [-0.4, -0.2) is 50.9 Å². The summed E-state index contributed by atoms with van der Waals surface area (Å²) in [6.07, 6.45) is -1.08. The number of esters is 1. The van der Waals surface area contributed by atoms with E-state index < -0.39 is 40.4 Å². The molecule has 1 atom stereocenters. The van der Waals surface area contributed by atoms with Crippen molar-refractivity contribution in [2.75, 3.05) is 25.1 Å². The maximum absolute atomic E-state index is 13.5. The third kappa shape index (κ3) is 5.51. The molecule has 3 aromatic carbocycles. The fourth-order valence-corrected chi connectivity index (χ4v) is 5.24. The van der Waals surface area contributed by atoms with E-state index in [0.717, 1.165) is 4.31 Å². The molecule has 3 aromatic rings. The van der Waals surface area contributed by atoms with Crippen molar-refractivity contribution >= 4 is 39.2 Å². The van der Waals surface area contributed by atoms with Gasteiger partial charge in [-0.25, -0.2) is 17.6 Å². The molecule has 1 aliphatic heterocycles. The zero-order chi connectivity index (χ0) is 25.9. The fraction of sp³-hybridized carbons (Fsp3) is 0.200. The van der Waals surface area contributed by atoms with E-state index in [4.69, 9.17) is 21.1 Å². The SMILES string of the molecule is COC(=O)[C@H]1CN(C(=O)CN(Cc2ccc(F)cc2)S(=O)(=O)c2ccc(Cl)cc2)c2ccccc2O1. The molecule has 0 saturated heterocycles. The molecular weight excluding hydrogens is 511 g/mol. The zero-order valence-corrected chi connectivity index (χ0v) is 20.7. The molecule has 1 amide bonds. The maximum atomic E-state index is 13.5. The van der Waals surface area contributed by atoms with Crippen LogP contribution < -0.4 is 9.64 Å². The average Bonchev–Trinajstić information content (AvgIpc) is 2.88. The van der Waals surface area contributed by atoms with Gasteiger partial charge in [-0.3, -0.25) is 4.79 Å². The Labute approximate surface area is 212 Å². The number of fused-ring (bicyclic) bond motifs is 1. The monoisotopic (exact) mass is 532 g/mol. The van der Waals surface area contributed by atoms with Gasteiger partial charge in [-0.1, -0.05) is 35.9 Å². The first-order valence-electron chi connectivity index (χ1n) is 10.8. The second kappa shape index (κ2) is 10.7. The highest BCUT2D eigenvalue weighted by molar-refractivity contribution is 7.89. The van der Waals surface area contributed by atoms with Crippen LogP contribution in [0.15, 0.2) is 77.7 Å². The van der Waals surface area contributed by atoms with E-state index >= 15 is 0 Å². The van der Waals surface area contributed by atoms with Crippen molar-refractivity contribution in [1.82, 2.24) is 4.31 Å². The molecule has 1 aliphatic rings. The van der Waals surface area contributed by atoms with Gasteiger partial charge in [-0.15, -0.1) is 0 Å². The summed E-state index contributed by atoms with van der Waals surface area (Å²) in [5.74, 6) is -1.43. The van der Waals surface area contributed by atoms with Crippen LogP contribution in [-0.2, 0) is 30.9 Å². The lowest BCUT2D eigenvalue weighted by Gasteiger charge is -2.34. The number of anilines is 1. The van der Waals surface area contributed by atoms with Gasteiger partial charge in [0.1, 0.15) is 11.6 Å². The van der Waals surface area contributed by atoms with Crippen molar-refractivity contribution < 1.29 is 31.9 Å². The first-order valence-corrected chi connectivity index (χ1v) is 12.6. The number of hydrogen-bond acceptors (Lipinski definition) is 6. The molecule has 11 heteroatoms. The van der Waals surface area contributed by atoms with Crippen molar-refractivity contribution in [2.24, 2.45) is 0 Å². The molecule has 0 N–H and O–H groups in total. The first kappa shape index (κ1) is 25.6. The molecule has 8 nitrogen and oxygen atoms in total. The maximum Gasteiger partial charge on any atom is 0.348 e. The minimum atomic E-state index is -4.16. The number of nitrogens with zero attached hydrogens (tertiary/aromatic N) is 2. The van der Waals surface area contributed by atoms with Gasteiger partial charge in [0.25, 0.3) is 0 Å². The number of halogens is 2. The van der Waals surface area contributed by atoms with E-state index in [-0.39, 0.29) is 23.7 Å². The quantitative estimate of drug-likeness (QED) is 0.431. The number of benzene rings is 3. The minimum Gasteiger partial charge on any atom is -0.475 e. The lowest BCUT2D eigenvalue weighted by molar-refractivity contribution is -0.148. The van der Waals surface area contributed by atoms with Gasteiger partial charge in [0.2, 0.25) is 22.0 Å². The Bertz CT molecular complexity index is 1370. The number of amides is 1. The Morgan fingerprint density at radius 1 is 1.08 bits per heavy atom. The van der Waals surface area contributed by atoms with Gasteiger partial charge in [0.15, 0.2) is 0 Å². The number of sulfonamides is 1. The summed E-state index contributed by atoms with van der Waals surface area (Å²) >= 11 is 5.92. The number of carbonyl (C=O) groups excluding carboxylic acids is 2. The lowest BCUT2D eigenvalue weighted by atomic mass is 10.1. The summed E-state index contributed by atoms with van der Waals surface area (Å²) < 4.78 is 52.0. The van der Waals surface area contributed by atoms with Gasteiger partial charge in [-0.2, -0.15) is 4.31 Å². The largest absolute Gasteiger partial charge is 0.475 e. The molecule has 0 fully saturated rings. The van der Waals surface area contributed by atoms with Crippen molar-refractivity contribution in [3.63, 3.8) is 0 Å². The fourth-order valence-electron chi connectivity index (χ4n) is 3.74. The Hall–Kier alpha value is -3.47. The highest BCUT2D eigenvalue weighted by Crippen LogP contribution is 2.34. The molecule has 0 aliphatic carbocycles.